The molecule has 2 rings (SSSR count). The highest BCUT2D eigenvalue weighted by molar-refractivity contribution is 5.68. The first kappa shape index (κ1) is 16.8. The summed E-state index contributed by atoms with van der Waals surface area (Å²) >= 11 is 0. The van der Waals surface area contributed by atoms with Crippen molar-refractivity contribution in [2.24, 2.45) is 0 Å². The third kappa shape index (κ3) is 4.46. The van der Waals surface area contributed by atoms with Gasteiger partial charge in [0.15, 0.2) is 5.82 Å². The van der Waals surface area contributed by atoms with Crippen LogP contribution in [0.1, 0.15) is 0 Å². The van der Waals surface area contributed by atoms with Crippen molar-refractivity contribution in [3.63, 3.8) is 0 Å². The zero-order valence-corrected chi connectivity index (χ0v) is 12.1. The van der Waals surface area contributed by atoms with E-state index in [1.165, 1.54) is 6.07 Å². The Morgan fingerprint density at radius 3 is 2.48 bits per heavy atom. The van der Waals surface area contributed by atoms with Crippen molar-refractivity contribution >= 4 is 5.82 Å². The van der Waals surface area contributed by atoms with Crippen molar-refractivity contribution in [3.8, 4) is 22.8 Å². The molecule has 0 saturated carbocycles. The molecule has 2 aromatic rings. The summed E-state index contributed by atoms with van der Waals surface area (Å²) in [5, 5.41) is 26.5. The largest absolute Gasteiger partial charge is 0.573 e. The Kier molecular flexibility index (Phi) is 4.89. The van der Waals surface area contributed by atoms with Gasteiger partial charge in [-0.3, -0.25) is 0 Å². The molecular weight excluding hydrogens is 315 g/mol. The highest BCUT2D eigenvalue weighted by Gasteiger charge is 2.31. The highest BCUT2D eigenvalue weighted by atomic mass is 19.4. The van der Waals surface area contributed by atoms with E-state index in [2.05, 4.69) is 14.9 Å². The van der Waals surface area contributed by atoms with Gasteiger partial charge in [0.05, 0.1) is 12.3 Å². The van der Waals surface area contributed by atoms with Crippen molar-refractivity contribution in [2.75, 3.05) is 25.1 Å². The van der Waals surface area contributed by atoms with Gasteiger partial charge < -0.3 is 19.8 Å². The summed E-state index contributed by atoms with van der Waals surface area (Å²) in [4.78, 5) is 1.65. The predicted octanol–water partition coefficient (Wildman–Crippen LogP) is 2.18. The van der Waals surface area contributed by atoms with E-state index in [9.17, 15) is 18.3 Å². The van der Waals surface area contributed by atoms with Crippen LogP contribution in [0.2, 0.25) is 0 Å². The first-order valence-electron chi connectivity index (χ1n) is 6.55. The molecule has 0 aliphatic heterocycles. The number of alkyl halides is 3. The number of aliphatic hydroxyl groups is 1. The van der Waals surface area contributed by atoms with E-state index in [0.29, 0.717) is 12.4 Å². The smallest absolute Gasteiger partial charge is 0.507 e. The van der Waals surface area contributed by atoms with Crippen LogP contribution in [-0.4, -0.2) is 47.0 Å². The van der Waals surface area contributed by atoms with Gasteiger partial charge in [-0.25, -0.2) is 0 Å². The molecule has 0 aliphatic rings. The average Bonchev–Trinajstić information content (AvgIpc) is 2.48. The Balaban J connectivity index is 2.29. The number of benzene rings is 1. The Morgan fingerprint density at radius 2 is 1.91 bits per heavy atom. The number of phenolic OH excluding ortho intramolecular Hbond substituents is 1. The molecule has 6 nitrogen and oxygen atoms in total. The van der Waals surface area contributed by atoms with Crippen LogP contribution >= 0.6 is 0 Å². The fourth-order valence-corrected chi connectivity index (χ4v) is 1.85. The number of ether oxygens (including phenoxy) is 1. The average molecular weight is 329 g/mol. The third-order valence-corrected chi connectivity index (χ3v) is 2.95. The number of likely N-dealkylation sites (N-methyl/N-ethyl adjacent to an activating group) is 1. The zero-order chi connectivity index (χ0) is 17.0. The van der Waals surface area contributed by atoms with Crippen LogP contribution in [0.5, 0.6) is 11.5 Å². The summed E-state index contributed by atoms with van der Waals surface area (Å²) in [6.45, 7) is 0.297. The Morgan fingerprint density at radius 1 is 1.17 bits per heavy atom. The lowest BCUT2D eigenvalue weighted by molar-refractivity contribution is -0.274. The number of aromatic nitrogens is 2. The molecule has 2 N–H and O–H groups in total. The second-order valence-corrected chi connectivity index (χ2v) is 4.65. The van der Waals surface area contributed by atoms with Crippen molar-refractivity contribution in [2.45, 2.75) is 6.36 Å². The van der Waals surface area contributed by atoms with Gasteiger partial charge in [0.25, 0.3) is 0 Å². The Bertz CT molecular complexity index is 663. The second kappa shape index (κ2) is 6.69. The van der Waals surface area contributed by atoms with Gasteiger partial charge in [-0.15, -0.1) is 23.4 Å². The monoisotopic (exact) mass is 329 g/mol. The van der Waals surface area contributed by atoms with Gasteiger partial charge in [0.2, 0.25) is 0 Å². The van der Waals surface area contributed by atoms with E-state index < -0.39 is 12.1 Å². The molecule has 0 spiro atoms. The van der Waals surface area contributed by atoms with E-state index in [0.717, 1.165) is 18.2 Å². The van der Waals surface area contributed by atoms with E-state index >= 15 is 0 Å². The van der Waals surface area contributed by atoms with Crippen LogP contribution in [0.3, 0.4) is 0 Å². The van der Waals surface area contributed by atoms with Gasteiger partial charge >= 0.3 is 6.36 Å². The maximum Gasteiger partial charge on any atom is 0.573 e. The number of phenols is 1. The van der Waals surface area contributed by atoms with Crippen LogP contribution < -0.4 is 9.64 Å². The quantitative estimate of drug-likeness (QED) is 0.875. The molecule has 1 heterocycles. The minimum absolute atomic E-state index is 0.0580. The van der Waals surface area contributed by atoms with E-state index in [4.69, 9.17) is 5.11 Å². The summed E-state index contributed by atoms with van der Waals surface area (Å²) in [6.07, 6.45) is -4.82. The van der Waals surface area contributed by atoms with Gasteiger partial charge in [-0.1, -0.05) is 0 Å². The highest BCUT2D eigenvalue weighted by Crippen LogP contribution is 2.33. The minimum Gasteiger partial charge on any atom is -0.507 e. The van der Waals surface area contributed by atoms with Crippen LogP contribution in [-0.2, 0) is 0 Å². The topological polar surface area (TPSA) is 78.7 Å². The first-order chi connectivity index (χ1) is 10.8. The van der Waals surface area contributed by atoms with E-state index in [-0.39, 0.29) is 23.6 Å². The summed E-state index contributed by atoms with van der Waals surface area (Å²) in [6, 6.07) is 6.20. The van der Waals surface area contributed by atoms with Gasteiger partial charge in [-0.05, 0) is 30.3 Å². The van der Waals surface area contributed by atoms with Gasteiger partial charge in [-0.2, -0.15) is 0 Å². The summed E-state index contributed by atoms with van der Waals surface area (Å²) < 4.78 is 40.6. The van der Waals surface area contributed by atoms with Gasteiger partial charge in [0.1, 0.15) is 11.5 Å². The molecule has 0 amide bonds. The molecular formula is C14H14F3N3O3. The molecule has 0 radical (unpaired) electrons. The van der Waals surface area contributed by atoms with Crippen LogP contribution in [0.4, 0.5) is 19.0 Å². The van der Waals surface area contributed by atoms with Crippen molar-refractivity contribution in [1.82, 2.24) is 10.2 Å². The molecule has 1 aromatic carbocycles. The summed E-state index contributed by atoms with van der Waals surface area (Å²) in [5.41, 5.74) is 0.256. The SMILES string of the molecule is CN(CCO)c1ccc(-c2cc(OC(F)(F)F)ccc2O)nn1. The number of aliphatic hydroxyl groups excluding tert-OH is 1. The lowest BCUT2D eigenvalue weighted by Crippen LogP contribution is -2.22. The minimum atomic E-state index is -4.82. The fourth-order valence-electron chi connectivity index (χ4n) is 1.85. The van der Waals surface area contributed by atoms with Crippen LogP contribution in [0, 0.1) is 0 Å². The number of rotatable bonds is 5. The number of halogens is 3. The maximum atomic E-state index is 12.3. The summed E-state index contributed by atoms with van der Waals surface area (Å²) in [7, 11) is 1.70. The van der Waals surface area contributed by atoms with Crippen LogP contribution in [0.25, 0.3) is 11.3 Å². The van der Waals surface area contributed by atoms with E-state index in [1.807, 2.05) is 0 Å². The molecule has 0 saturated heterocycles. The maximum absolute atomic E-state index is 12.3. The molecule has 23 heavy (non-hydrogen) atoms. The second-order valence-electron chi connectivity index (χ2n) is 4.65. The number of aromatic hydroxyl groups is 1. The fraction of sp³-hybridized carbons (Fsp3) is 0.286. The number of hydrogen-bond acceptors (Lipinski definition) is 6. The molecule has 0 aliphatic carbocycles. The molecule has 0 bridgehead atoms. The molecule has 0 unspecified atom stereocenters. The standard InChI is InChI=1S/C14H14F3N3O3/c1-20(6-7-21)13-5-3-11(18-19-13)10-8-9(2-4-12(10)22)23-14(15,16)17/h2-5,8,21-22H,6-7H2,1H3. The van der Waals surface area contributed by atoms with Crippen molar-refractivity contribution in [1.29, 1.82) is 0 Å². The van der Waals surface area contributed by atoms with Crippen molar-refractivity contribution < 1.29 is 28.1 Å². The molecule has 0 atom stereocenters. The number of anilines is 1. The lowest BCUT2D eigenvalue weighted by Gasteiger charge is -2.16. The Labute approximate surface area is 129 Å². The van der Waals surface area contributed by atoms with Crippen molar-refractivity contribution in [3.05, 3.63) is 30.3 Å². The zero-order valence-electron chi connectivity index (χ0n) is 12.1. The Hall–Kier alpha value is -2.55. The lowest BCUT2D eigenvalue weighted by atomic mass is 10.1. The molecule has 124 valence electrons. The first-order valence-corrected chi connectivity index (χ1v) is 6.55. The number of nitrogens with zero attached hydrogens (tertiary/aromatic N) is 3. The molecule has 1 aromatic heterocycles. The summed E-state index contributed by atoms with van der Waals surface area (Å²) in [5.74, 6) is -0.233. The molecule has 0 fully saturated rings. The third-order valence-electron chi connectivity index (χ3n) is 2.95. The molecule has 9 heteroatoms. The van der Waals surface area contributed by atoms with E-state index in [1.54, 1.807) is 18.0 Å². The number of hydrogen-bond donors (Lipinski definition) is 2. The normalized spacial score (nSPS) is 11.3. The predicted molar refractivity (Wildman–Crippen MR) is 76.2 cm³/mol. The van der Waals surface area contributed by atoms with Gasteiger partial charge in [0, 0.05) is 19.2 Å². The van der Waals surface area contributed by atoms with Crippen LogP contribution in [0.15, 0.2) is 30.3 Å².